The number of hydrogen-bond donors (Lipinski definition) is 1. The van der Waals surface area contributed by atoms with E-state index in [-0.39, 0.29) is 18.3 Å². The molecule has 5 nitrogen and oxygen atoms in total. The fraction of sp³-hybridized carbons (Fsp3) is 0.222. The van der Waals surface area contributed by atoms with Crippen molar-refractivity contribution in [3.05, 3.63) is 53.6 Å². The van der Waals surface area contributed by atoms with Crippen molar-refractivity contribution in [2.45, 2.75) is 13.8 Å². The normalized spacial score (nSPS) is 10.0. The number of amides is 1. The Morgan fingerprint density at radius 1 is 1.13 bits per heavy atom. The molecule has 0 radical (unpaired) electrons. The molecule has 0 saturated heterocycles. The Morgan fingerprint density at radius 3 is 2.52 bits per heavy atom. The molecule has 1 N–H and O–H groups in total. The minimum Gasteiger partial charge on any atom is -0.490 e. The summed E-state index contributed by atoms with van der Waals surface area (Å²) >= 11 is 0. The van der Waals surface area contributed by atoms with Crippen LogP contribution < -0.4 is 14.8 Å². The van der Waals surface area contributed by atoms with Crippen LogP contribution >= 0.6 is 0 Å². The summed E-state index contributed by atoms with van der Waals surface area (Å²) in [4.78, 5) is 23.1. The molecule has 23 heavy (non-hydrogen) atoms. The average Bonchev–Trinajstić information content (AvgIpc) is 2.56. The Hall–Kier alpha value is -2.82. The number of rotatable bonds is 7. The van der Waals surface area contributed by atoms with Crippen LogP contribution in [-0.2, 0) is 4.79 Å². The highest BCUT2D eigenvalue weighted by atomic mass is 16.5. The molecule has 1 amide bonds. The maximum Gasteiger partial charge on any atom is 0.262 e. The third-order valence-electron chi connectivity index (χ3n) is 3.12. The Labute approximate surface area is 135 Å². The Bertz CT molecular complexity index is 680. The molecule has 2 aromatic rings. The minimum atomic E-state index is -0.308. The molecule has 2 aromatic carbocycles. The molecule has 0 aliphatic carbocycles. The molecular formula is C18H19NO4. The van der Waals surface area contributed by atoms with Crippen molar-refractivity contribution < 1.29 is 19.1 Å². The predicted molar refractivity (Wildman–Crippen MR) is 88.3 cm³/mol. The lowest BCUT2D eigenvalue weighted by molar-refractivity contribution is -0.118. The third kappa shape index (κ3) is 4.57. The van der Waals surface area contributed by atoms with E-state index in [9.17, 15) is 9.59 Å². The van der Waals surface area contributed by atoms with E-state index in [1.165, 1.54) is 0 Å². The number of aldehydes is 1. The summed E-state index contributed by atoms with van der Waals surface area (Å²) in [7, 11) is 0. The standard InChI is InChI=1S/C18H19NO4/c1-3-22-16-6-4-5-14(11-20)18(16)23-12-17(21)19-15-9-7-13(2)8-10-15/h4-11H,3,12H2,1-2H3,(H,19,21). The molecule has 5 heteroatoms. The van der Waals surface area contributed by atoms with E-state index >= 15 is 0 Å². The van der Waals surface area contributed by atoms with Gasteiger partial charge in [-0.15, -0.1) is 0 Å². The van der Waals surface area contributed by atoms with E-state index in [0.717, 1.165) is 5.56 Å². The first-order valence-electron chi connectivity index (χ1n) is 7.34. The topological polar surface area (TPSA) is 64.6 Å². The first-order valence-corrected chi connectivity index (χ1v) is 7.34. The average molecular weight is 313 g/mol. The number of benzene rings is 2. The lowest BCUT2D eigenvalue weighted by Crippen LogP contribution is -2.20. The monoisotopic (exact) mass is 313 g/mol. The molecule has 0 fully saturated rings. The number of hydrogen-bond acceptors (Lipinski definition) is 4. The summed E-state index contributed by atoms with van der Waals surface area (Å²) in [6, 6.07) is 12.5. The Morgan fingerprint density at radius 2 is 1.87 bits per heavy atom. The zero-order valence-corrected chi connectivity index (χ0v) is 13.2. The number of carbonyl (C=O) groups is 2. The van der Waals surface area contributed by atoms with Gasteiger partial charge in [0.1, 0.15) is 0 Å². The van der Waals surface area contributed by atoms with Gasteiger partial charge in [0.2, 0.25) is 0 Å². The number of aryl methyl sites for hydroxylation is 1. The van der Waals surface area contributed by atoms with Gasteiger partial charge in [0.15, 0.2) is 24.4 Å². The Kier molecular flexibility index (Phi) is 5.74. The van der Waals surface area contributed by atoms with Gasteiger partial charge >= 0.3 is 0 Å². The predicted octanol–water partition coefficient (Wildman–Crippen LogP) is 3.22. The Balaban J connectivity index is 2.03. The fourth-order valence-corrected chi connectivity index (χ4v) is 2.02. The van der Waals surface area contributed by atoms with Crippen molar-refractivity contribution in [1.29, 1.82) is 0 Å². The second-order valence-electron chi connectivity index (χ2n) is 4.93. The molecule has 2 rings (SSSR count). The summed E-state index contributed by atoms with van der Waals surface area (Å²) in [5.74, 6) is 0.417. The van der Waals surface area contributed by atoms with E-state index < -0.39 is 0 Å². The van der Waals surface area contributed by atoms with Crippen molar-refractivity contribution in [2.24, 2.45) is 0 Å². The molecule has 0 heterocycles. The van der Waals surface area contributed by atoms with Crippen molar-refractivity contribution in [3.63, 3.8) is 0 Å². The fourth-order valence-electron chi connectivity index (χ4n) is 2.02. The van der Waals surface area contributed by atoms with Crippen LogP contribution in [0.2, 0.25) is 0 Å². The minimum absolute atomic E-state index is 0.210. The quantitative estimate of drug-likeness (QED) is 0.797. The number of anilines is 1. The SMILES string of the molecule is CCOc1cccc(C=O)c1OCC(=O)Nc1ccc(C)cc1. The van der Waals surface area contributed by atoms with Gasteiger partial charge in [0.05, 0.1) is 12.2 Å². The van der Waals surface area contributed by atoms with Crippen molar-refractivity contribution in [3.8, 4) is 11.5 Å². The van der Waals surface area contributed by atoms with Gasteiger partial charge in [0, 0.05) is 5.69 Å². The highest BCUT2D eigenvalue weighted by molar-refractivity contribution is 5.92. The molecule has 0 unspecified atom stereocenters. The maximum atomic E-state index is 12.0. The molecule has 120 valence electrons. The van der Waals surface area contributed by atoms with Gasteiger partial charge in [-0.2, -0.15) is 0 Å². The highest BCUT2D eigenvalue weighted by Gasteiger charge is 2.12. The summed E-state index contributed by atoms with van der Waals surface area (Å²) < 4.78 is 10.9. The summed E-state index contributed by atoms with van der Waals surface area (Å²) in [6.07, 6.45) is 0.676. The first-order chi connectivity index (χ1) is 11.1. The number of para-hydroxylation sites is 1. The van der Waals surface area contributed by atoms with Gasteiger partial charge in [-0.1, -0.05) is 23.8 Å². The van der Waals surface area contributed by atoms with Crippen LogP contribution in [0.5, 0.6) is 11.5 Å². The van der Waals surface area contributed by atoms with Crippen LogP contribution in [0.25, 0.3) is 0 Å². The molecule has 0 aliphatic rings. The lowest BCUT2D eigenvalue weighted by Gasteiger charge is -2.13. The highest BCUT2D eigenvalue weighted by Crippen LogP contribution is 2.30. The molecule has 0 aliphatic heterocycles. The molecule has 0 spiro atoms. The van der Waals surface area contributed by atoms with E-state index in [4.69, 9.17) is 9.47 Å². The van der Waals surface area contributed by atoms with E-state index in [2.05, 4.69) is 5.32 Å². The molecule has 0 saturated carbocycles. The lowest BCUT2D eigenvalue weighted by atomic mass is 10.2. The van der Waals surface area contributed by atoms with Gasteiger partial charge in [-0.3, -0.25) is 9.59 Å². The van der Waals surface area contributed by atoms with Gasteiger partial charge in [-0.25, -0.2) is 0 Å². The van der Waals surface area contributed by atoms with Crippen LogP contribution in [0.15, 0.2) is 42.5 Å². The number of ether oxygens (including phenoxy) is 2. The molecule has 0 bridgehead atoms. The number of nitrogens with one attached hydrogen (secondary N) is 1. The second kappa shape index (κ2) is 7.98. The van der Waals surface area contributed by atoms with E-state index in [0.29, 0.717) is 29.9 Å². The van der Waals surface area contributed by atoms with Gasteiger partial charge < -0.3 is 14.8 Å². The summed E-state index contributed by atoms with van der Waals surface area (Å²) in [5.41, 5.74) is 2.15. The van der Waals surface area contributed by atoms with Crippen LogP contribution in [0.1, 0.15) is 22.8 Å². The largest absolute Gasteiger partial charge is 0.490 e. The van der Waals surface area contributed by atoms with Crippen LogP contribution in [0, 0.1) is 6.92 Å². The summed E-state index contributed by atoms with van der Waals surface area (Å²) in [6.45, 7) is 4.04. The first kappa shape index (κ1) is 16.5. The van der Waals surface area contributed by atoms with Crippen molar-refractivity contribution in [1.82, 2.24) is 0 Å². The van der Waals surface area contributed by atoms with Crippen molar-refractivity contribution >= 4 is 17.9 Å². The molecule has 0 atom stereocenters. The summed E-state index contributed by atoms with van der Waals surface area (Å²) in [5, 5.41) is 2.74. The van der Waals surface area contributed by atoms with Gasteiger partial charge in [0.25, 0.3) is 5.91 Å². The van der Waals surface area contributed by atoms with Crippen LogP contribution in [0.3, 0.4) is 0 Å². The van der Waals surface area contributed by atoms with Crippen LogP contribution in [-0.4, -0.2) is 25.4 Å². The second-order valence-corrected chi connectivity index (χ2v) is 4.93. The van der Waals surface area contributed by atoms with E-state index in [1.807, 2.05) is 38.1 Å². The van der Waals surface area contributed by atoms with Crippen LogP contribution in [0.4, 0.5) is 5.69 Å². The van der Waals surface area contributed by atoms with Crippen molar-refractivity contribution in [2.75, 3.05) is 18.5 Å². The zero-order valence-electron chi connectivity index (χ0n) is 13.2. The zero-order chi connectivity index (χ0) is 16.7. The molecule has 0 aromatic heterocycles. The smallest absolute Gasteiger partial charge is 0.262 e. The number of carbonyl (C=O) groups excluding carboxylic acids is 2. The molecular weight excluding hydrogens is 294 g/mol. The van der Waals surface area contributed by atoms with Gasteiger partial charge in [-0.05, 0) is 38.1 Å². The third-order valence-corrected chi connectivity index (χ3v) is 3.12. The van der Waals surface area contributed by atoms with E-state index in [1.54, 1.807) is 18.2 Å². The maximum absolute atomic E-state index is 12.0.